The number of hydrogen-bond acceptors (Lipinski definition) is 2. The first-order valence-corrected chi connectivity index (χ1v) is 14.7. The molecule has 0 aliphatic carbocycles. The molecular weight excluding hydrogens is 548 g/mol. The first-order chi connectivity index (χ1) is 21.2. The number of hydrogen-bond donors (Lipinski definition) is 0. The summed E-state index contributed by atoms with van der Waals surface area (Å²) in [6.45, 7) is 0. The fourth-order valence-electron chi connectivity index (χ4n) is 6.50. The lowest BCUT2D eigenvalue weighted by atomic mass is 10.0. The zero-order valence-electron chi connectivity index (χ0n) is 22.9. The molecule has 0 spiro atoms. The molecule has 0 bridgehead atoms. The SMILES string of the molecule is Clc1nc2ccccc2nc1-n1c2ccccc2c2ccc(-c3ccc4c(c3)c3ccccc3n4-c3ccccc3)cc21. The van der Waals surface area contributed by atoms with Crippen molar-refractivity contribution in [2.45, 2.75) is 0 Å². The number of aromatic nitrogens is 4. The lowest BCUT2D eigenvalue weighted by Crippen LogP contribution is -2.01. The van der Waals surface area contributed by atoms with Crippen LogP contribution in [0.3, 0.4) is 0 Å². The van der Waals surface area contributed by atoms with Crippen molar-refractivity contribution in [2.24, 2.45) is 0 Å². The average Bonchev–Trinajstić information content (AvgIpc) is 3.57. The molecule has 0 saturated heterocycles. The van der Waals surface area contributed by atoms with E-state index >= 15 is 0 Å². The van der Waals surface area contributed by atoms with Crippen molar-refractivity contribution in [2.75, 3.05) is 0 Å². The van der Waals surface area contributed by atoms with E-state index in [1.54, 1.807) is 0 Å². The molecule has 3 aromatic heterocycles. The van der Waals surface area contributed by atoms with E-state index in [9.17, 15) is 0 Å². The van der Waals surface area contributed by atoms with E-state index in [2.05, 4.69) is 124 Å². The highest BCUT2D eigenvalue weighted by Gasteiger charge is 2.18. The first-order valence-electron chi connectivity index (χ1n) is 14.3. The summed E-state index contributed by atoms with van der Waals surface area (Å²) in [6, 6.07) is 48.9. The Labute approximate surface area is 252 Å². The van der Waals surface area contributed by atoms with Gasteiger partial charge in [0, 0.05) is 27.2 Å². The summed E-state index contributed by atoms with van der Waals surface area (Å²) in [4.78, 5) is 9.69. The largest absolute Gasteiger partial charge is 0.309 e. The average molecular weight is 571 g/mol. The topological polar surface area (TPSA) is 35.6 Å². The van der Waals surface area contributed by atoms with Gasteiger partial charge in [-0.1, -0.05) is 96.5 Å². The van der Waals surface area contributed by atoms with Crippen molar-refractivity contribution in [3.63, 3.8) is 0 Å². The molecule has 5 heteroatoms. The molecule has 0 amide bonds. The van der Waals surface area contributed by atoms with Gasteiger partial charge in [-0.25, -0.2) is 9.97 Å². The van der Waals surface area contributed by atoms with Crippen LogP contribution in [0.4, 0.5) is 0 Å². The molecule has 0 aliphatic heterocycles. The van der Waals surface area contributed by atoms with Crippen LogP contribution < -0.4 is 0 Å². The van der Waals surface area contributed by atoms with Gasteiger partial charge in [-0.15, -0.1) is 0 Å². The van der Waals surface area contributed by atoms with Crippen molar-refractivity contribution < 1.29 is 0 Å². The van der Waals surface area contributed by atoms with Gasteiger partial charge in [-0.05, 0) is 65.7 Å². The molecular formula is C38H23ClN4. The van der Waals surface area contributed by atoms with Crippen LogP contribution in [0.2, 0.25) is 5.15 Å². The number of rotatable bonds is 3. The van der Waals surface area contributed by atoms with Crippen LogP contribution in [0, 0.1) is 0 Å². The Morgan fingerprint density at radius 3 is 1.77 bits per heavy atom. The smallest absolute Gasteiger partial charge is 0.176 e. The van der Waals surface area contributed by atoms with E-state index in [-0.39, 0.29) is 0 Å². The Balaban J connectivity index is 1.30. The molecule has 0 N–H and O–H groups in total. The summed E-state index contributed by atoms with van der Waals surface area (Å²) < 4.78 is 4.49. The molecule has 9 aromatic rings. The summed E-state index contributed by atoms with van der Waals surface area (Å²) >= 11 is 6.83. The number of nitrogens with zero attached hydrogens (tertiary/aromatic N) is 4. The lowest BCUT2D eigenvalue weighted by Gasteiger charge is -2.11. The molecule has 4 nitrogen and oxygen atoms in total. The van der Waals surface area contributed by atoms with Crippen LogP contribution in [-0.4, -0.2) is 19.1 Å². The van der Waals surface area contributed by atoms with Gasteiger partial charge in [-0.3, -0.25) is 4.57 Å². The Morgan fingerprint density at radius 1 is 0.419 bits per heavy atom. The molecule has 0 fully saturated rings. The zero-order valence-corrected chi connectivity index (χ0v) is 23.7. The molecule has 0 radical (unpaired) electrons. The van der Waals surface area contributed by atoms with E-state index in [0.717, 1.165) is 49.7 Å². The molecule has 9 rings (SSSR count). The predicted octanol–water partition coefficient (Wildman–Crippen LogP) is 10.1. The molecule has 43 heavy (non-hydrogen) atoms. The fourth-order valence-corrected chi connectivity index (χ4v) is 6.72. The maximum Gasteiger partial charge on any atom is 0.176 e. The molecule has 202 valence electrons. The van der Waals surface area contributed by atoms with Crippen molar-refractivity contribution in [1.29, 1.82) is 0 Å². The second-order valence-corrected chi connectivity index (χ2v) is 11.2. The molecule has 0 aliphatic rings. The van der Waals surface area contributed by atoms with Crippen molar-refractivity contribution in [3.05, 3.63) is 145 Å². The molecule has 6 aromatic carbocycles. The van der Waals surface area contributed by atoms with Crippen LogP contribution in [0.15, 0.2) is 140 Å². The van der Waals surface area contributed by atoms with E-state index in [0.29, 0.717) is 11.0 Å². The Hall–Kier alpha value is -5.45. The summed E-state index contributed by atoms with van der Waals surface area (Å²) in [5.74, 6) is 0.630. The van der Waals surface area contributed by atoms with Crippen molar-refractivity contribution in [1.82, 2.24) is 19.1 Å². The minimum absolute atomic E-state index is 0.377. The number of fused-ring (bicyclic) bond motifs is 7. The molecule has 0 atom stereocenters. The fraction of sp³-hybridized carbons (Fsp3) is 0. The van der Waals surface area contributed by atoms with Gasteiger partial charge >= 0.3 is 0 Å². The Bertz CT molecular complexity index is 2520. The normalized spacial score (nSPS) is 11.8. The Kier molecular flexibility index (Phi) is 5.22. The Morgan fingerprint density at radius 2 is 0.977 bits per heavy atom. The summed E-state index contributed by atoms with van der Waals surface area (Å²) in [5, 5.41) is 5.13. The monoisotopic (exact) mass is 570 g/mol. The van der Waals surface area contributed by atoms with E-state index in [4.69, 9.17) is 21.6 Å². The minimum Gasteiger partial charge on any atom is -0.309 e. The van der Waals surface area contributed by atoms with Crippen molar-refractivity contribution in [3.8, 4) is 22.6 Å². The standard InChI is InChI=1S/C38H23ClN4/c39-37-38(41-32-15-7-6-14-31(32)40-37)43-34-17-9-4-12-27(34)29-20-18-25(23-36(29)43)24-19-21-35-30(22-24)28-13-5-8-16-33(28)42(35)26-10-2-1-3-11-26/h1-23H. The van der Waals surface area contributed by atoms with E-state index < -0.39 is 0 Å². The third-order valence-corrected chi connectivity index (χ3v) is 8.67. The van der Waals surface area contributed by atoms with Gasteiger partial charge in [-0.2, -0.15) is 0 Å². The van der Waals surface area contributed by atoms with Gasteiger partial charge in [0.25, 0.3) is 0 Å². The van der Waals surface area contributed by atoms with Crippen LogP contribution in [0.1, 0.15) is 0 Å². The van der Waals surface area contributed by atoms with Gasteiger partial charge in [0.1, 0.15) is 0 Å². The second-order valence-electron chi connectivity index (χ2n) is 10.8. The number of halogens is 1. The summed E-state index contributed by atoms with van der Waals surface area (Å²) in [5.41, 5.74) is 9.48. The van der Waals surface area contributed by atoms with Gasteiger partial charge in [0.2, 0.25) is 0 Å². The van der Waals surface area contributed by atoms with Gasteiger partial charge in [0.15, 0.2) is 11.0 Å². The van der Waals surface area contributed by atoms with Crippen LogP contribution in [0.25, 0.3) is 77.3 Å². The number of benzene rings is 6. The maximum absolute atomic E-state index is 6.83. The van der Waals surface area contributed by atoms with Crippen LogP contribution >= 0.6 is 11.6 Å². The van der Waals surface area contributed by atoms with Gasteiger partial charge in [0.05, 0.1) is 33.1 Å². The maximum atomic E-state index is 6.83. The number of para-hydroxylation sites is 5. The highest BCUT2D eigenvalue weighted by molar-refractivity contribution is 6.31. The van der Waals surface area contributed by atoms with Crippen LogP contribution in [-0.2, 0) is 0 Å². The summed E-state index contributed by atoms with van der Waals surface area (Å²) in [7, 11) is 0. The van der Waals surface area contributed by atoms with Crippen LogP contribution in [0.5, 0.6) is 0 Å². The minimum atomic E-state index is 0.377. The van der Waals surface area contributed by atoms with Crippen molar-refractivity contribution >= 4 is 66.2 Å². The quantitative estimate of drug-likeness (QED) is 0.212. The second kappa shape index (κ2) is 9.28. The zero-order chi connectivity index (χ0) is 28.5. The third-order valence-electron chi connectivity index (χ3n) is 8.42. The molecule has 3 heterocycles. The molecule has 0 unspecified atom stereocenters. The highest BCUT2D eigenvalue weighted by Crippen LogP contribution is 2.38. The lowest BCUT2D eigenvalue weighted by molar-refractivity contribution is 1.08. The van der Waals surface area contributed by atoms with E-state index in [1.165, 1.54) is 21.8 Å². The molecule has 0 saturated carbocycles. The first kappa shape index (κ1) is 24.2. The predicted molar refractivity (Wildman–Crippen MR) is 179 cm³/mol. The summed E-state index contributed by atoms with van der Waals surface area (Å²) in [6.07, 6.45) is 0. The van der Waals surface area contributed by atoms with E-state index in [1.807, 2.05) is 24.3 Å². The third kappa shape index (κ3) is 3.64. The van der Waals surface area contributed by atoms with Gasteiger partial charge < -0.3 is 4.57 Å². The highest BCUT2D eigenvalue weighted by atomic mass is 35.5.